The fourth-order valence-corrected chi connectivity index (χ4v) is 4.20. The molecule has 28 heavy (non-hydrogen) atoms. The highest BCUT2D eigenvalue weighted by molar-refractivity contribution is 6.18. The van der Waals surface area contributed by atoms with E-state index in [-0.39, 0.29) is 0 Å². The Hall–Kier alpha value is -2.74. The van der Waals surface area contributed by atoms with Crippen molar-refractivity contribution >= 4 is 43.9 Å². The third-order valence-corrected chi connectivity index (χ3v) is 5.69. The molecule has 0 saturated heterocycles. The predicted molar refractivity (Wildman–Crippen MR) is 118 cm³/mol. The summed E-state index contributed by atoms with van der Waals surface area (Å²) < 4.78 is 12.4. The highest BCUT2D eigenvalue weighted by Crippen LogP contribution is 2.38. The summed E-state index contributed by atoms with van der Waals surface area (Å²) in [7, 11) is 0. The molecular weight excluding hydrogens is 344 g/mol. The van der Waals surface area contributed by atoms with Crippen LogP contribution in [0.2, 0.25) is 0 Å². The van der Waals surface area contributed by atoms with E-state index < -0.39 is 0 Å². The zero-order valence-corrected chi connectivity index (χ0v) is 16.8. The minimum atomic E-state index is 0.419. The van der Waals surface area contributed by atoms with E-state index in [9.17, 15) is 0 Å². The maximum absolute atomic E-state index is 6.23. The maximum Gasteiger partial charge on any atom is 0.178 e. The van der Waals surface area contributed by atoms with Gasteiger partial charge in [-0.15, -0.1) is 0 Å². The van der Waals surface area contributed by atoms with E-state index in [4.69, 9.17) is 8.83 Å². The van der Waals surface area contributed by atoms with Crippen molar-refractivity contribution in [2.75, 3.05) is 0 Å². The third kappa shape index (κ3) is 2.97. The maximum atomic E-state index is 6.23. The molecule has 0 fully saturated rings. The molecule has 0 N–H and O–H groups in total. The van der Waals surface area contributed by atoms with Crippen LogP contribution in [0.5, 0.6) is 0 Å². The van der Waals surface area contributed by atoms with E-state index in [1.165, 1.54) is 30.2 Å². The molecule has 0 bridgehead atoms. The number of fused-ring (bicyclic) bond motifs is 7. The van der Waals surface area contributed by atoms with E-state index in [0.29, 0.717) is 5.41 Å². The SMILES string of the molecule is CC(C)(C)CCCCc1ccc2oc3c(ccc4c5ccccc5oc43)c2c1. The number of hydrogen-bond donors (Lipinski definition) is 0. The first-order valence-corrected chi connectivity index (χ1v) is 10.2. The fourth-order valence-electron chi connectivity index (χ4n) is 4.20. The first kappa shape index (κ1) is 17.4. The summed E-state index contributed by atoms with van der Waals surface area (Å²) in [4.78, 5) is 0. The smallest absolute Gasteiger partial charge is 0.178 e. The van der Waals surface area contributed by atoms with Crippen LogP contribution in [0.3, 0.4) is 0 Å². The van der Waals surface area contributed by atoms with Crippen molar-refractivity contribution in [2.45, 2.75) is 46.5 Å². The van der Waals surface area contributed by atoms with Crippen LogP contribution in [0.1, 0.15) is 45.6 Å². The Bertz CT molecular complexity index is 1290. The zero-order valence-electron chi connectivity index (χ0n) is 16.8. The van der Waals surface area contributed by atoms with Gasteiger partial charge in [0.05, 0.1) is 0 Å². The Morgan fingerprint density at radius 1 is 0.679 bits per heavy atom. The van der Waals surface area contributed by atoms with Crippen LogP contribution >= 0.6 is 0 Å². The van der Waals surface area contributed by atoms with Crippen molar-refractivity contribution in [3.63, 3.8) is 0 Å². The van der Waals surface area contributed by atoms with Gasteiger partial charge in [-0.3, -0.25) is 0 Å². The number of para-hydroxylation sites is 1. The Balaban J connectivity index is 1.54. The number of benzene rings is 3. The van der Waals surface area contributed by atoms with Crippen molar-refractivity contribution in [2.24, 2.45) is 5.41 Å². The molecule has 2 nitrogen and oxygen atoms in total. The number of rotatable bonds is 4. The van der Waals surface area contributed by atoms with Crippen LogP contribution in [0, 0.1) is 5.41 Å². The lowest BCUT2D eigenvalue weighted by Crippen LogP contribution is -2.04. The largest absolute Gasteiger partial charge is 0.452 e. The average Bonchev–Trinajstić information content (AvgIpc) is 3.22. The van der Waals surface area contributed by atoms with Crippen LogP contribution in [-0.4, -0.2) is 0 Å². The van der Waals surface area contributed by atoms with Crippen molar-refractivity contribution in [3.8, 4) is 0 Å². The first-order chi connectivity index (χ1) is 13.5. The molecule has 3 aromatic carbocycles. The van der Waals surface area contributed by atoms with Gasteiger partial charge < -0.3 is 8.83 Å². The number of hydrogen-bond acceptors (Lipinski definition) is 2. The summed E-state index contributed by atoms with van der Waals surface area (Å²) in [5.74, 6) is 0. The molecule has 0 atom stereocenters. The third-order valence-electron chi connectivity index (χ3n) is 5.69. The molecule has 0 unspecified atom stereocenters. The summed E-state index contributed by atoms with van der Waals surface area (Å²) >= 11 is 0. The lowest BCUT2D eigenvalue weighted by atomic mass is 9.89. The quantitative estimate of drug-likeness (QED) is 0.298. The van der Waals surface area contributed by atoms with Gasteiger partial charge in [0.15, 0.2) is 11.2 Å². The molecule has 5 rings (SSSR count). The van der Waals surface area contributed by atoms with Gasteiger partial charge in [0, 0.05) is 21.5 Å². The van der Waals surface area contributed by atoms with Crippen LogP contribution in [0.15, 0.2) is 63.4 Å². The van der Waals surface area contributed by atoms with Gasteiger partial charge in [-0.1, -0.05) is 51.5 Å². The fraction of sp³-hybridized carbons (Fsp3) is 0.308. The second kappa shape index (κ2) is 6.41. The topological polar surface area (TPSA) is 26.3 Å². The number of aryl methyl sites for hydroxylation is 1. The van der Waals surface area contributed by atoms with E-state index in [1.807, 2.05) is 18.2 Å². The molecule has 0 aliphatic carbocycles. The van der Waals surface area contributed by atoms with Crippen molar-refractivity contribution in [3.05, 3.63) is 60.2 Å². The van der Waals surface area contributed by atoms with Gasteiger partial charge in [-0.05, 0) is 60.6 Å². The molecule has 5 aromatic rings. The van der Waals surface area contributed by atoms with Gasteiger partial charge in [0.2, 0.25) is 0 Å². The Labute approximate surface area is 165 Å². The van der Waals surface area contributed by atoms with Crippen LogP contribution in [-0.2, 0) is 6.42 Å². The summed E-state index contributed by atoms with van der Waals surface area (Å²) in [6.07, 6.45) is 4.89. The molecule has 0 amide bonds. The first-order valence-electron chi connectivity index (χ1n) is 10.2. The minimum absolute atomic E-state index is 0.419. The second-order valence-corrected chi connectivity index (χ2v) is 9.12. The van der Waals surface area contributed by atoms with E-state index in [2.05, 4.69) is 57.2 Å². The summed E-state index contributed by atoms with van der Waals surface area (Å²) in [6, 6.07) is 19.1. The molecule has 142 valence electrons. The van der Waals surface area contributed by atoms with E-state index >= 15 is 0 Å². The Morgan fingerprint density at radius 2 is 1.36 bits per heavy atom. The molecule has 2 heterocycles. The normalized spacial score (nSPS) is 12.7. The lowest BCUT2D eigenvalue weighted by molar-refractivity contribution is 0.360. The van der Waals surface area contributed by atoms with E-state index in [0.717, 1.165) is 44.9 Å². The predicted octanol–water partition coefficient (Wildman–Crippen LogP) is 8.24. The second-order valence-electron chi connectivity index (χ2n) is 9.12. The Morgan fingerprint density at radius 3 is 2.11 bits per heavy atom. The Kier molecular flexibility index (Phi) is 3.97. The average molecular weight is 370 g/mol. The molecule has 0 aliphatic rings. The monoisotopic (exact) mass is 370 g/mol. The minimum Gasteiger partial charge on any atom is -0.452 e. The van der Waals surface area contributed by atoms with Crippen LogP contribution in [0.25, 0.3) is 43.9 Å². The van der Waals surface area contributed by atoms with Crippen molar-refractivity contribution in [1.82, 2.24) is 0 Å². The summed E-state index contributed by atoms with van der Waals surface area (Å²) in [5.41, 5.74) is 5.35. The molecule has 2 heteroatoms. The van der Waals surface area contributed by atoms with Gasteiger partial charge >= 0.3 is 0 Å². The van der Waals surface area contributed by atoms with Gasteiger partial charge in [0.1, 0.15) is 11.2 Å². The summed E-state index contributed by atoms with van der Waals surface area (Å²) in [6.45, 7) is 6.94. The molecule has 0 spiro atoms. The molecular formula is C26H26O2. The van der Waals surface area contributed by atoms with Gasteiger partial charge in [0.25, 0.3) is 0 Å². The van der Waals surface area contributed by atoms with Crippen molar-refractivity contribution < 1.29 is 8.83 Å². The van der Waals surface area contributed by atoms with Gasteiger partial charge in [-0.25, -0.2) is 0 Å². The zero-order chi connectivity index (χ0) is 19.3. The van der Waals surface area contributed by atoms with Crippen LogP contribution < -0.4 is 0 Å². The number of furan rings is 2. The molecule has 0 saturated carbocycles. The van der Waals surface area contributed by atoms with Crippen molar-refractivity contribution in [1.29, 1.82) is 0 Å². The molecule has 0 aliphatic heterocycles. The molecule has 0 radical (unpaired) electrons. The van der Waals surface area contributed by atoms with Gasteiger partial charge in [-0.2, -0.15) is 0 Å². The summed E-state index contributed by atoms with van der Waals surface area (Å²) in [5, 5.41) is 4.58. The molecule has 2 aromatic heterocycles. The highest BCUT2D eigenvalue weighted by Gasteiger charge is 2.16. The standard InChI is InChI=1S/C26H26O2/c1-26(2,3)15-7-6-8-17-11-14-23-21(16-17)20-13-12-19-18-9-4-5-10-22(18)27-24(19)25(20)28-23/h4-5,9-14,16H,6-8,15H2,1-3H3. The highest BCUT2D eigenvalue weighted by atomic mass is 16.4. The number of unbranched alkanes of at least 4 members (excludes halogenated alkanes) is 1. The lowest BCUT2D eigenvalue weighted by Gasteiger charge is -2.17. The van der Waals surface area contributed by atoms with Crippen LogP contribution in [0.4, 0.5) is 0 Å². The van der Waals surface area contributed by atoms with E-state index in [1.54, 1.807) is 0 Å².